The van der Waals surface area contributed by atoms with Crippen LogP contribution in [0.15, 0.2) is 63.7 Å². The fraction of sp³-hybridized carbons (Fsp3) is 0. The maximum absolute atomic E-state index is 5.52. The first kappa shape index (κ1) is 10.2. The Bertz CT molecular complexity index is 889. The minimum Gasteiger partial charge on any atom is -0.463 e. The van der Waals surface area contributed by atoms with Crippen molar-refractivity contribution in [3.63, 3.8) is 0 Å². The Balaban J connectivity index is 2.34. The fourth-order valence-corrected chi connectivity index (χ4v) is 3.20. The van der Waals surface area contributed by atoms with Crippen molar-refractivity contribution in [3.05, 3.63) is 59.3 Å². The lowest BCUT2D eigenvalue weighted by atomic mass is 10.0. The van der Waals surface area contributed by atoms with E-state index in [1.165, 1.54) is 21.5 Å². The molecule has 0 unspecified atom stereocenters. The average Bonchev–Trinajstić information content (AvgIpc) is 2.87. The number of rotatable bonds is 0. The van der Waals surface area contributed by atoms with E-state index in [1.807, 2.05) is 6.07 Å². The molecular formula is C16H9BrO. The van der Waals surface area contributed by atoms with Gasteiger partial charge in [-0.2, -0.15) is 0 Å². The number of hydrogen-bond donors (Lipinski definition) is 0. The Kier molecular flexibility index (Phi) is 2.03. The van der Waals surface area contributed by atoms with Crippen molar-refractivity contribution in [2.75, 3.05) is 0 Å². The van der Waals surface area contributed by atoms with Crippen molar-refractivity contribution in [1.82, 2.24) is 0 Å². The van der Waals surface area contributed by atoms with Crippen LogP contribution in [0.25, 0.3) is 32.5 Å². The lowest BCUT2D eigenvalue weighted by molar-refractivity contribution is 0.614. The van der Waals surface area contributed by atoms with Crippen LogP contribution in [0.3, 0.4) is 0 Å². The van der Waals surface area contributed by atoms with Gasteiger partial charge in [0.05, 0.1) is 10.7 Å². The molecule has 4 rings (SSSR count). The summed E-state index contributed by atoms with van der Waals surface area (Å²) in [5.41, 5.74) is 0.915. The molecule has 86 valence electrons. The maximum Gasteiger partial charge on any atom is 0.148 e. The molecule has 0 spiro atoms. The van der Waals surface area contributed by atoms with E-state index in [-0.39, 0.29) is 0 Å². The molecule has 3 aromatic carbocycles. The van der Waals surface area contributed by atoms with Crippen LogP contribution in [-0.4, -0.2) is 0 Å². The molecule has 0 saturated carbocycles. The van der Waals surface area contributed by atoms with Crippen LogP contribution in [0.5, 0.6) is 0 Å². The summed E-state index contributed by atoms with van der Waals surface area (Å²) in [7, 11) is 0. The Hall–Kier alpha value is -1.80. The predicted molar refractivity (Wildman–Crippen MR) is 78.9 cm³/mol. The van der Waals surface area contributed by atoms with Gasteiger partial charge in [0, 0.05) is 10.8 Å². The lowest BCUT2D eigenvalue weighted by Crippen LogP contribution is -1.79. The molecule has 0 aliphatic rings. The molecule has 4 aromatic rings. The van der Waals surface area contributed by atoms with E-state index in [0.717, 1.165) is 15.4 Å². The van der Waals surface area contributed by atoms with Crippen LogP contribution in [0.1, 0.15) is 0 Å². The minimum atomic E-state index is 0.915. The molecule has 0 N–H and O–H groups in total. The third-order valence-corrected chi connectivity index (χ3v) is 4.19. The lowest BCUT2D eigenvalue weighted by Gasteiger charge is -2.06. The summed E-state index contributed by atoms with van der Waals surface area (Å²) in [6.07, 6.45) is 1.73. The second-order valence-corrected chi connectivity index (χ2v) is 5.20. The molecule has 0 radical (unpaired) electrons. The zero-order valence-corrected chi connectivity index (χ0v) is 11.1. The predicted octanol–water partition coefficient (Wildman–Crippen LogP) is 5.50. The largest absolute Gasteiger partial charge is 0.463 e. The quantitative estimate of drug-likeness (QED) is 0.390. The van der Waals surface area contributed by atoms with Crippen molar-refractivity contribution >= 4 is 48.4 Å². The molecule has 0 saturated heterocycles. The summed E-state index contributed by atoms with van der Waals surface area (Å²) in [6, 6.07) is 16.9. The topological polar surface area (TPSA) is 13.1 Å². The second kappa shape index (κ2) is 3.59. The van der Waals surface area contributed by atoms with Gasteiger partial charge in [-0.15, -0.1) is 0 Å². The summed E-state index contributed by atoms with van der Waals surface area (Å²) < 4.78 is 6.56. The van der Waals surface area contributed by atoms with E-state index in [0.29, 0.717) is 0 Å². The molecule has 0 amide bonds. The standard InChI is InChI=1S/C16H9BrO/c17-15-13-6-5-10-3-1-2-4-12(10)14(13)9-11-7-8-18-16(11)15/h1-9H. The molecular weight excluding hydrogens is 288 g/mol. The smallest absolute Gasteiger partial charge is 0.148 e. The molecule has 0 atom stereocenters. The summed E-state index contributed by atoms with van der Waals surface area (Å²) in [5, 5.41) is 6.12. The molecule has 1 heterocycles. The Labute approximate surface area is 112 Å². The fourth-order valence-electron chi connectivity index (χ4n) is 2.53. The maximum atomic E-state index is 5.52. The minimum absolute atomic E-state index is 0.915. The first-order valence-electron chi connectivity index (χ1n) is 5.82. The van der Waals surface area contributed by atoms with E-state index in [4.69, 9.17) is 4.42 Å². The SMILES string of the molecule is Brc1c2ccc3ccccc3c2cc2ccoc12. The number of hydrogen-bond acceptors (Lipinski definition) is 1. The Morgan fingerprint density at radius 2 is 1.67 bits per heavy atom. The van der Waals surface area contributed by atoms with Crippen LogP contribution in [0.2, 0.25) is 0 Å². The highest BCUT2D eigenvalue weighted by molar-refractivity contribution is 9.10. The number of fused-ring (bicyclic) bond motifs is 4. The van der Waals surface area contributed by atoms with Crippen LogP contribution in [-0.2, 0) is 0 Å². The first-order valence-corrected chi connectivity index (χ1v) is 6.61. The normalized spacial score (nSPS) is 11.6. The van der Waals surface area contributed by atoms with Gasteiger partial charge in [-0.1, -0.05) is 36.4 Å². The van der Waals surface area contributed by atoms with Gasteiger partial charge in [-0.05, 0) is 44.2 Å². The highest BCUT2D eigenvalue weighted by Gasteiger charge is 2.09. The van der Waals surface area contributed by atoms with Gasteiger partial charge < -0.3 is 4.42 Å². The Morgan fingerprint density at radius 3 is 2.61 bits per heavy atom. The van der Waals surface area contributed by atoms with Gasteiger partial charge >= 0.3 is 0 Å². The van der Waals surface area contributed by atoms with Crippen molar-refractivity contribution in [2.24, 2.45) is 0 Å². The van der Waals surface area contributed by atoms with Gasteiger partial charge in [0.25, 0.3) is 0 Å². The van der Waals surface area contributed by atoms with Gasteiger partial charge in [-0.25, -0.2) is 0 Å². The van der Waals surface area contributed by atoms with E-state index in [9.17, 15) is 0 Å². The van der Waals surface area contributed by atoms with E-state index >= 15 is 0 Å². The van der Waals surface area contributed by atoms with Crippen molar-refractivity contribution in [3.8, 4) is 0 Å². The monoisotopic (exact) mass is 296 g/mol. The molecule has 1 aromatic heterocycles. The highest BCUT2D eigenvalue weighted by atomic mass is 79.9. The molecule has 0 aliphatic heterocycles. The third kappa shape index (κ3) is 1.27. The summed E-state index contributed by atoms with van der Waals surface area (Å²) >= 11 is 3.65. The van der Waals surface area contributed by atoms with Crippen molar-refractivity contribution in [2.45, 2.75) is 0 Å². The molecule has 18 heavy (non-hydrogen) atoms. The van der Waals surface area contributed by atoms with Crippen LogP contribution < -0.4 is 0 Å². The molecule has 1 nitrogen and oxygen atoms in total. The molecule has 0 aliphatic carbocycles. The van der Waals surface area contributed by atoms with Gasteiger partial charge in [-0.3, -0.25) is 0 Å². The van der Waals surface area contributed by atoms with E-state index in [1.54, 1.807) is 6.26 Å². The zero-order valence-electron chi connectivity index (χ0n) is 9.48. The second-order valence-electron chi connectivity index (χ2n) is 4.41. The molecule has 0 bridgehead atoms. The number of furan rings is 1. The summed E-state index contributed by atoms with van der Waals surface area (Å²) in [6.45, 7) is 0. The van der Waals surface area contributed by atoms with Gasteiger partial charge in [0.15, 0.2) is 0 Å². The highest BCUT2D eigenvalue weighted by Crippen LogP contribution is 2.36. The van der Waals surface area contributed by atoms with E-state index in [2.05, 4.69) is 58.4 Å². The number of benzene rings is 3. The summed E-state index contributed by atoms with van der Waals surface area (Å²) in [4.78, 5) is 0. The third-order valence-electron chi connectivity index (χ3n) is 3.40. The van der Waals surface area contributed by atoms with Crippen LogP contribution in [0, 0.1) is 0 Å². The van der Waals surface area contributed by atoms with Gasteiger partial charge in [0.2, 0.25) is 0 Å². The average molecular weight is 297 g/mol. The Morgan fingerprint density at radius 1 is 0.778 bits per heavy atom. The number of halogens is 1. The van der Waals surface area contributed by atoms with Crippen LogP contribution >= 0.6 is 15.9 Å². The summed E-state index contributed by atoms with van der Waals surface area (Å²) in [5.74, 6) is 0. The zero-order chi connectivity index (χ0) is 12.1. The molecule has 2 heteroatoms. The van der Waals surface area contributed by atoms with Crippen LogP contribution in [0.4, 0.5) is 0 Å². The van der Waals surface area contributed by atoms with E-state index < -0.39 is 0 Å². The first-order chi connectivity index (χ1) is 8.84. The van der Waals surface area contributed by atoms with Gasteiger partial charge in [0.1, 0.15) is 5.58 Å². The van der Waals surface area contributed by atoms with Crippen molar-refractivity contribution in [1.29, 1.82) is 0 Å². The molecule has 0 fully saturated rings. The van der Waals surface area contributed by atoms with Crippen molar-refractivity contribution < 1.29 is 4.42 Å².